The fourth-order valence-corrected chi connectivity index (χ4v) is 0.0724. The second kappa shape index (κ2) is 4.23. The molecule has 0 bridgehead atoms. The predicted molar refractivity (Wildman–Crippen MR) is 21.3 cm³/mol. The van der Waals surface area contributed by atoms with E-state index in [0.717, 1.165) is 0 Å². The van der Waals surface area contributed by atoms with Crippen LogP contribution in [-0.2, 0) is 0 Å². The van der Waals surface area contributed by atoms with Crippen molar-refractivity contribution >= 4 is 0 Å². The third-order valence-electron chi connectivity index (χ3n) is 0.225. The molecule has 0 amide bonds. The van der Waals surface area contributed by atoms with Gasteiger partial charge in [-0.15, -0.1) is 0 Å². The maximum absolute atomic E-state index is 7.56. The van der Waals surface area contributed by atoms with Gasteiger partial charge in [0.1, 0.15) is 0 Å². The summed E-state index contributed by atoms with van der Waals surface area (Å²) in [4.78, 5) is 2.41. The molecule has 3 N–H and O–H groups in total. The molecule has 0 unspecified atom stereocenters. The van der Waals surface area contributed by atoms with Crippen molar-refractivity contribution in [3.63, 3.8) is 0 Å². The Labute approximate surface area is 34.7 Å². The van der Waals surface area contributed by atoms with Crippen molar-refractivity contribution < 1.29 is 0 Å². The lowest BCUT2D eigenvalue weighted by molar-refractivity contribution is 0.753. The predicted octanol–water partition coefficient (Wildman–Crippen LogP) is -0.283. The summed E-state index contributed by atoms with van der Waals surface area (Å²) >= 11 is 0. The van der Waals surface area contributed by atoms with Crippen LogP contribution in [0.1, 0.15) is 0 Å². The first kappa shape index (κ1) is 5.23. The summed E-state index contributed by atoms with van der Waals surface area (Å²) in [6.45, 7) is 0.149. The van der Waals surface area contributed by atoms with Crippen LogP contribution in [0.5, 0.6) is 0 Å². The monoisotopic (exact) mass is 87.1 g/mol. The molecule has 5 heteroatoms. The molecule has 0 rings (SSSR count). The average Bonchev–Trinajstić information content (AvgIpc) is 1.61. The molecule has 6 heavy (non-hydrogen) atoms. The fourth-order valence-electron chi connectivity index (χ4n) is 0.0724. The van der Waals surface area contributed by atoms with Gasteiger partial charge in [-0.2, -0.15) is 0 Å². The molecule has 0 aliphatic carbocycles. The zero-order chi connectivity index (χ0) is 4.83. The van der Waals surface area contributed by atoms with Crippen LogP contribution in [0.4, 0.5) is 0 Å². The molecule has 34 valence electrons. The van der Waals surface area contributed by atoms with E-state index in [9.17, 15) is 0 Å². The smallest absolute Gasteiger partial charge is 0.0886 e. The van der Waals surface area contributed by atoms with Crippen molar-refractivity contribution in [3.05, 3.63) is 10.4 Å². The first-order valence-electron chi connectivity index (χ1n) is 1.36. The Kier molecular flexibility index (Phi) is 3.69. The van der Waals surface area contributed by atoms with Gasteiger partial charge >= 0.3 is 0 Å². The number of nitrogens with two attached hydrogens (primary N) is 1. The maximum atomic E-state index is 7.56. The van der Waals surface area contributed by atoms with Crippen molar-refractivity contribution in [3.8, 4) is 0 Å². The van der Waals surface area contributed by atoms with Crippen LogP contribution < -0.4 is 11.3 Å². The highest BCUT2D eigenvalue weighted by Crippen LogP contribution is 1.56. The summed E-state index contributed by atoms with van der Waals surface area (Å²) in [5, 5.41) is 3.03. The quantitative estimate of drug-likeness (QED) is 0.159. The van der Waals surface area contributed by atoms with E-state index in [0.29, 0.717) is 0 Å². The second-order valence-corrected chi connectivity index (χ2v) is 0.593. The number of rotatable bonds is 2. The van der Waals surface area contributed by atoms with Crippen LogP contribution in [-0.4, -0.2) is 6.67 Å². The minimum Gasteiger partial charge on any atom is -0.271 e. The number of hydrazine groups is 1. The van der Waals surface area contributed by atoms with Crippen LogP contribution in [0.2, 0.25) is 0 Å². The van der Waals surface area contributed by atoms with E-state index in [1.165, 1.54) is 0 Å². The molecule has 0 aliphatic heterocycles. The molecule has 0 saturated carbocycles. The summed E-state index contributed by atoms with van der Waals surface area (Å²) in [6.07, 6.45) is 0. The summed E-state index contributed by atoms with van der Waals surface area (Å²) in [5.41, 5.74) is 9.71. The van der Waals surface area contributed by atoms with Gasteiger partial charge in [0.25, 0.3) is 0 Å². The van der Waals surface area contributed by atoms with Gasteiger partial charge in [0, 0.05) is 4.91 Å². The van der Waals surface area contributed by atoms with Gasteiger partial charge < -0.3 is 0 Å². The lowest BCUT2D eigenvalue weighted by atomic mass is 11.2. The second-order valence-electron chi connectivity index (χ2n) is 0.593. The molecule has 0 aliphatic rings. The number of hydrogen-bond donors (Lipinski definition) is 2. The van der Waals surface area contributed by atoms with Gasteiger partial charge in [0.05, 0.1) is 6.67 Å². The minimum absolute atomic E-state index is 0.149. The van der Waals surface area contributed by atoms with Crippen LogP contribution >= 0.6 is 0 Å². The Morgan fingerprint density at radius 2 is 2.67 bits per heavy atom. The van der Waals surface area contributed by atoms with Crippen LogP contribution in [0, 0.1) is 0 Å². The zero-order valence-electron chi connectivity index (χ0n) is 3.13. The highest BCUT2D eigenvalue weighted by atomic mass is 15.3. The van der Waals surface area contributed by atoms with E-state index in [2.05, 4.69) is 15.5 Å². The zero-order valence-corrected chi connectivity index (χ0v) is 3.13. The molecule has 0 saturated heterocycles. The summed E-state index contributed by atoms with van der Waals surface area (Å²) < 4.78 is 0. The van der Waals surface area contributed by atoms with E-state index >= 15 is 0 Å². The topological polar surface area (TPSA) is 86.8 Å². The minimum atomic E-state index is 0.149. The number of nitrogens with one attached hydrogen (secondary N) is 1. The first-order chi connectivity index (χ1) is 2.91. The van der Waals surface area contributed by atoms with E-state index in [-0.39, 0.29) is 6.67 Å². The van der Waals surface area contributed by atoms with Gasteiger partial charge in [-0.25, -0.2) is 0 Å². The Bertz CT molecular complexity index is 60.3. The van der Waals surface area contributed by atoms with Crippen molar-refractivity contribution in [2.45, 2.75) is 0 Å². The summed E-state index contributed by atoms with van der Waals surface area (Å²) in [6, 6.07) is 0. The molecule has 0 spiro atoms. The van der Waals surface area contributed by atoms with Crippen molar-refractivity contribution in [2.75, 3.05) is 6.67 Å². The molecule has 0 aromatic carbocycles. The summed E-state index contributed by atoms with van der Waals surface area (Å²) in [5.74, 6) is 4.70. The molecule has 0 aromatic rings. The van der Waals surface area contributed by atoms with Crippen molar-refractivity contribution in [1.82, 2.24) is 5.43 Å². The first-order valence-corrected chi connectivity index (χ1v) is 1.36. The molecule has 5 nitrogen and oxygen atoms in total. The SMILES string of the molecule is [N-]=[N+]=NCNN. The third-order valence-corrected chi connectivity index (χ3v) is 0.225. The number of hydrogen-bond acceptors (Lipinski definition) is 3. The average molecular weight is 87.1 g/mol. The lowest BCUT2D eigenvalue weighted by Crippen LogP contribution is -2.20. The molecule has 0 heterocycles. The normalized spacial score (nSPS) is 6.83. The third kappa shape index (κ3) is 3.23. The Morgan fingerprint density at radius 3 is 2.83 bits per heavy atom. The Balaban J connectivity index is 2.86. The van der Waals surface area contributed by atoms with Crippen LogP contribution in [0.15, 0.2) is 5.11 Å². The summed E-state index contributed by atoms with van der Waals surface area (Å²) in [7, 11) is 0. The van der Waals surface area contributed by atoms with Gasteiger partial charge in [0.2, 0.25) is 0 Å². The van der Waals surface area contributed by atoms with E-state index in [4.69, 9.17) is 11.4 Å². The largest absolute Gasteiger partial charge is 0.271 e. The molecular weight excluding hydrogens is 82.0 g/mol. The number of nitrogens with zero attached hydrogens (tertiary/aromatic N) is 3. The highest BCUT2D eigenvalue weighted by molar-refractivity contribution is 4.37. The van der Waals surface area contributed by atoms with Crippen molar-refractivity contribution in [2.24, 2.45) is 11.0 Å². The Morgan fingerprint density at radius 1 is 2.00 bits per heavy atom. The van der Waals surface area contributed by atoms with E-state index < -0.39 is 0 Å². The molecule has 0 fully saturated rings. The number of azide groups is 1. The molecule has 0 radical (unpaired) electrons. The molecular formula is CH5N5. The van der Waals surface area contributed by atoms with Gasteiger partial charge in [-0.1, -0.05) is 5.11 Å². The highest BCUT2D eigenvalue weighted by Gasteiger charge is 1.61. The lowest BCUT2D eigenvalue weighted by Gasteiger charge is -1.79. The Hall–Kier alpha value is -0.770. The fraction of sp³-hybridized carbons (Fsp3) is 1.00. The van der Waals surface area contributed by atoms with Crippen LogP contribution in [0.3, 0.4) is 0 Å². The van der Waals surface area contributed by atoms with Gasteiger partial charge in [0.15, 0.2) is 0 Å². The molecule has 0 atom stereocenters. The van der Waals surface area contributed by atoms with Crippen molar-refractivity contribution in [1.29, 1.82) is 0 Å². The standard InChI is InChI=1S/CH5N5/c2-4-1-5-6-3/h4H,1-2H2. The van der Waals surface area contributed by atoms with E-state index in [1.807, 2.05) is 0 Å². The van der Waals surface area contributed by atoms with Crippen LogP contribution in [0.25, 0.3) is 10.4 Å². The molecule has 0 aromatic heterocycles. The van der Waals surface area contributed by atoms with Gasteiger partial charge in [-0.05, 0) is 5.53 Å². The maximum Gasteiger partial charge on any atom is 0.0886 e. The van der Waals surface area contributed by atoms with E-state index in [1.54, 1.807) is 0 Å². The van der Waals surface area contributed by atoms with Gasteiger partial charge in [-0.3, -0.25) is 11.3 Å².